The highest BCUT2D eigenvalue weighted by atomic mass is 79.9. The van der Waals surface area contributed by atoms with Gasteiger partial charge < -0.3 is 5.32 Å². The highest BCUT2D eigenvalue weighted by molar-refractivity contribution is 9.10. The van der Waals surface area contributed by atoms with Crippen molar-refractivity contribution in [3.63, 3.8) is 0 Å². The average Bonchev–Trinajstić information content (AvgIpc) is 2.39. The Balaban J connectivity index is 1.94. The van der Waals surface area contributed by atoms with E-state index in [1.165, 1.54) is 0 Å². The molecule has 2 nitrogen and oxygen atoms in total. The Morgan fingerprint density at radius 3 is 2.56 bits per heavy atom. The van der Waals surface area contributed by atoms with Crippen LogP contribution in [0.4, 0.5) is 5.69 Å². The number of benzene rings is 2. The Kier molecular flexibility index (Phi) is 2.92. The largest absolute Gasteiger partial charge is 0.377 e. The third-order valence-electron chi connectivity index (χ3n) is 3.22. The summed E-state index contributed by atoms with van der Waals surface area (Å²) in [7, 11) is 0. The van der Waals surface area contributed by atoms with Crippen molar-refractivity contribution in [2.24, 2.45) is 0 Å². The molecule has 90 valence electrons. The summed E-state index contributed by atoms with van der Waals surface area (Å²) in [4.78, 5) is 12.1. The normalized spacial score (nSPS) is 18.1. The minimum Gasteiger partial charge on any atom is -0.377 e. The van der Waals surface area contributed by atoms with Crippen LogP contribution in [0.15, 0.2) is 53.0 Å². The molecular weight excluding hydrogens is 290 g/mol. The third kappa shape index (κ3) is 2.06. The van der Waals surface area contributed by atoms with Crippen LogP contribution in [-0.2, 0) is 0 Å². The fourth-order valence-electron chi connectivity index (χ4n) is 2.28. The first-order valence-electron chi connectivity index (χ1n) is 5.88. The first kappa shape index (κ1) is 11.5. The van der Waals surface area contributed by atoms with E-state index in [9.17, 15) is 4.79 Å². The van der Waals surface area contributed by atoms with E-state index in [1.54, 1.807) is 0 Å². The van der Waals surface area contributed by atoms with Crippen LogP contribution in [0.3, 0.4) is 0 Å². The zero-order chi connectivity index (χ0) is 12.5. The van der Waals surface area contributed by atoms with Gasteiger partial charge in [0.1, 0.15) is 0 Å². The van der Waals surface area contributed by atoms with Crippen LogP contribution in [0.25, 0.3) is 0 Å². The van der Waals surface area contributed by atoms with Crippen molar-refractivity contribution in [1.82, 2.24) is 0 Å². The number of hydrogen-bond donors (Lipinski definition) is 1. The minimum absolute atomic E-state index is 0.0699. The molecule has 1 atom stereocenters. The number of nitrogens with one attached hydrogen (secondary N) is 1. The number of fused-ring (bicyclic) bond motifs is 1. The van der Waals surface area contributed by atoms with Gasteiger partial charge in [-0.25, -0.2) is 0 Å². The molecule has 0 unspecified atom stereocenters. The molecule has 1 N–H and O–H groups in total. The van der Waals surface area contributed by atoms with Gasteiger partial charge in [0.25, 0.3) is 0 Å². The van der Waals surface area contributed by atoms with Crippen LogP contribution in [-0.4, -0.2) is 5.78 Å². The van der Waals surface area contributed by atoms with Gasteiger partial charge in [-0.1, -0.05) is 40.2 Å². The van der Waals surface area contributed by atoms with Gasteiger partial charge in [0.15, 0.2) is 5.78 Å². The van der Waals surface area contributed by atoms with E-state index >= 15 is 0 Å². The van der Waals surface area contributed by atoms with E-state index in [0.717, 1.165) is 21.3 Å². The summed E-state index contributed by atoms with van der Waals surface area (Å²) < 4.78 is 1.05. The van der Waals surface area contributed by atoms with E-state index < -0.39 is 0 Å². The fourth-order valence-corrected chi connectivity index (χ4v) is 2.55. The molecule has 0 saturated heterocycles. The number of carbonyl (C=O) groups is 1. The van der Waals surface area contributed by atoms with Crippen LogP contribution in [0.2, 0.25) is 0 Å². The zero-order valence-electron chi connectivity index (χ0n) is 9.69. The van der Waals surface area contributed by atoms with Crippen molar-refractivity contribution >= 4 is 27.4 Å². The van der Waals surface area contributed by atoms with Crippen molar-refractivity contribution < 1.29 is 4.79 Å². The monoisotopic (exact) mass is 301 g/mol. The molecule has 3 heteroatoms. The quantitative estimate of drug-likeness (QED) is 0.856. The van der Waals surface area contributed by atoms with Gasteiger partial charge in [-0.05, 0) is 29.8 Å². The Labute approximate surface area is 114 Å². The SMILES string of the molecule is O=C1C[C@@H](c2ccc(Br)cc2)Nc2ccccc21. The number of rotatable bonds is 1. The standard InChI is InChI=1S/C15H12BrNO/c16-11-7-5-10(6-8-11)14-9-15(18)12-3-1-2-4-13(12)17-14/h1-8,14,17H,9H2/t14-/m0/s1. The van der Waals surface area contributed by atoms with Crippen molar-refractivity contribution in [3.8, 4) is 0 Å². The first-order chi connectivity index (χ1) is 8.74. The van der Waals surface area contributed by atoms with Crippen molar-refractivity contribution in [2.75, 3.05) is 5.32 Å². The second-order valence-electron chi connectivity index (χ2n) is 4.42. The lowest BCUT2D eigenvalue weighted by molar-refractivity contribution is 0.0972. The fraction of sp³-hybridized carbons (Fsp3) is 0.133. The zero-order valence-corrected chi connectivity index (χ0v) is 11.3. The predicted octanol–water partition coefficient (Wildman–Crippen LogP) is 4.19. The number of para-hydroxylation sites is 1. The second-order valence-corrected chi connectivity index (χ2v) is 5.34. The first-order valence-corrected chi connectivity index (χ1v) is 6.67. The Morgan fingerprint density at radius 2 is 1.78 bits per heavy atom. The summed E-state index contributed by atoms with van der Waals surface area (Å²) in [5.41, 5.74) is 2.87. The van der Waals surface area contributed by atoms with Crippen molar-refractivity contribution in [1.29, 1.82) is 0 Å². The molecule has 0 aliphatic carbocycles. The summed E-state index contributed by atoms with van der Waals surface area (Å²) in [6, 6.07) is 15.8. The van der Waals surface area contributed by atoms with E-state index in [4.69, 9.17) is 0 Å². The smallest absolute Gasteiger partial charge is 0.167 e. The Morgan fingerprint density at radius 1 is 1.06 bits per heavy atom. The second kappa shape index (κ2) is 4.58. The van der Waals surface area contributed by atoms with Crippen LogP contribution >= 0.6 is 15.9 Å². The summed E-state index contributed by atoms with van der Waals surface area (Å²) in [6.07, 6.45) is 0.513. The summed E-state index contributed by atoms with van der Waals surface area (Å²) in [6.45, 7) is 0. The van der Waals surface area contributed by atoms with Crippen molar-refractivity contribution in [3.05, 3.63) is 64.1 Å². The average molecular weight is 302 g/mol. The Bertz CT molecular complexity index is 592. The summed E-state index contributed by atoms with van der Waals surface area (Å²) in [5, 5.41) is 3.43. The molecule has 0 fully saturated rings. The Hall–Kier alpha value is -1.61. The van der Waals surface area contributed by atoms with E-state index in [-0.39, 0.29) is 11.8 Å². The minimum atomic E-state index is 0.0699. The molecule has 0 amide bonds. The highest BCUT2D eigenvalue weighted by Crippen LogP contribution is 2.32. The maximum atomic E-state index is 12.1. The topological polar surface area (TPSA) is 29.1 Å². The number of carbonyl (C=O) groups excluding carboxylic acids is 1. The summed E-state index contributed by atoms with van der Waals surface area (Å²) >= 11 is 3.42. The molecule has 2 aromatic rings. The molecule has 0 saturated carbocycles. The lowest BCUT2D eigenvalue weighted by atomic mass is 9.92. The van der Waals surface area contributed by atoms with Gasteiger partial charge in [-0.2, -0.15) is 0 Å². The number of anilines is 1. The molecule has 0 radical (unpaired) electrons. The molecule has 18 heavy (non-hydrogen) atoms. The summed E-state index contributed by atoms with van der Waals surface area (Å²) in [5.74, 6) is 0.206. The molecule has 0 spiro atoms. The predicted molar refractivity (Wildman–Crippen MR) is 75.9 cm³/mol. The van der Waals surface area contributed by atoms with Gasteiger partial charge in [0, 0.05) is 22.1 Å². The van der Waals surface area contributed by atoms with Crippen LogP contribution < -0.4 is 5.32 Å². The molecule has 0 bridgehead atoms. The molecule has 1 aliphatic heterocycles. The highest BCUT2D eigenvalue weighted by Gasteiger charge is 2.24. The van der Waals surface area contributed by atoms with Gasteiger partial charge in [-0.3, -0.25) is 4.79 Å². The molecular formula is C15H12BrNO. The van der Waals surface area contributed by atoms with Crippen molar-refractivity contribution in [2.45, 2.75) is 12.5 Å². The van der Waals surface area contributed by atoms with Gasteiger partial charge in [0.2, 0.25) is 0 Å². The molecule has 1 heterocycles. The number of halogens is 1. The lowest BCUT2D eigenvalue weighted by Crippen LogP contribution is -2.22. The van der Waals surface area contributed by atoms with E-state index in [1.807, 2.05) is 48.5 Å². The van der Waals surface area contributed by atoms with Crippen LogP contribution in [0.1, 0.15) is 28.4 Å². The maximum absolute atomic E-state index is 12.1. The number of Topliss-reactive ketones (excluding diaryl/α,β-unsaturated/α-hetero) is 1. The van der Waals surface area contributed by atoms with E-state index in [0.29, 0.717) is 6.42 Å². The van der Waals surface area contributed by atoms with Gasteiger partial charge >= 0.3 is 0 Å². The maximum Gasteiger partial charge on any atom is 0.167 e. The van der Waals surface area contributed by atoms with E-state index in [2.05, 4.69) is 21.2 Å². The van der Waals surface area contributed by atoms with Crippen LogP contribution in [0, 0.1) is 0 Å². The molecule has 3 rings (SSSR count). The van der Waals surface area contributed by atoms with Gasteiger partial charge in [-0.15, -0.1) is 0 Å². The molecule has 0 aromatic heterocycles. The number of ketones is 1. The molecule has 1 aliphatic rings. The number of hydrogen-bond acceptors (Lipinski definition) is 2. The molecule has 2 aromatic carbocycles. The third-order valence-corrected chi connectivity index (χ3v) is 3.75. The van der Waals surface area contributed by atoms with Crippen LogP contribution in [0.5, 0.6) is 0 Å². The lowest BCUT2D eigenvalue weighted by Gasteiger charge is -2.26. The van der Waals surface area contributed by atoms with Gasteiger partial charge in [0.05, 0.1) is 6.04 Å².